The van der Waals surface area contributed by atoms with Gasteiger partial charge in [0.2, 0.25) is 0 Å². The molecule has 0 spiro atoms. The van der Waals surface area contributed by atoms with E-state index in [0.717, 1.165) is 21.2 Å². The SMILES string of the molecule is CCOC(=O)C(CCSC(=O)C(C)C)=P(c1ccccc1)(c1ccccc1)c1ccccc1. The molecule has 3 rings (SSSR count). The highest BCUT2D eigenvalue weighted by atomic mass is 32.2. The zero-order valence-corrected chi connectivity index (χ0v) is 21.2. The van der Waals surface area contributed by atoms with Crippen molar-refractivity contribution in [1.82, 2.24) is 0 Å². The van der Waals surface area contributed by atoms with Crippen molar-refractivity contribution < 1.29 is 14.3 Å². The van der Waals surface area contributed by atoms with Crippen LogP contribution >= 0.6 is 18.6 Å². The van der Waals surface area contributed by atoms with Crippen molar-refractivity contribution in [2.45, 2.75) is 27.2 Å². The quantitative estimate of drug-likeness (QED) is 0.320. The number of hydrogen-bond acceptors (Lipinski definition) is 4. The molecular weight excluding hydrogens is 447 g/mol. The van der Waals surface area contributed by atoms with Gasteiger partial charge in [0.25, 0.3) is 0 Å². The van der Waals surface area contributed by atoms with Gasteiger partial charge in [0, 0.05) is 17.0 Å². The van der Waals surface area contributed by atoms with Crippen LogP contribution in [0.1, 0.15) is 27.2 Å². The second kappa shape index (κ2) is 12.1. The van der Waals surface area contributed by atoms with Gasteiger partial charge in [0.15, 0.2) is 5.12 Å². The maximum absolute atomic E-state index is 13.6. The molecule has 3 aromatic carbocycles. The van der Waals surface area contributed by atoms with Crippen LogP contribution in [0.25, 0.3) is 0 Å². The minimum atomic E-state index is -2.52. The van der Waals surface area contributed by atoms with E-state index in [4.69, 9.17) is 4.74 Å². The van der Waals surface area contributed by atoms with Crippen molar-refractivity contribution in [3.63, 3.8) is 0 Å². The number of ether oxygens (including phenoxy) is 1. The van der Waals surface area contributed by atoms with Gasteiger partial charge in [0.1, 0.15) is 0 Å². The molecule has 5 heteroatoms. The Balaban J connectivity index is 2.37. The average molecular weight is 479 g/mol. The van der Waals surface area contributed by atoms with Crippen LogP contribution in [0.3, 0.4) is 0 Å². The van der Waals surface area contributed by atoms with Gasteiger partial charge in [-0.2, -0.15) is 0 Å². The summed E-state index contributed by atoms with van der Waals surface area (Å²) in [6, 6.07) is 30.8. The van der Waals surface area contributed by atoms with Crippen LogP contribution in [0.4, 0.5) is 0 Å². The van der Waals surface area contributed by atoms with Crippen LogP contribution in [-0.2, 0) is 14.3 Å². The van der Waals surface area contributed by atoms with Crippen molar-refractivity contribution in [1.29, 1.82) is 0 Å². The molecule has 0 N–H and O–H groups in total. The number of rotatable bonds is 9. The maximum Gasteiger partial charge on any atom is 0.335 e. The fraction of sp³-hybridized carbons (Fsp3) is 0.250. The van der Waals surface area contributed by atoms with Gasteiger partial charge in [-0.3, -0.25) is 4.79 Å². The fourth-order valence-corrected chi connectivity index (χ4v) is 9.37. The van der Waals surface area contributed by atoms with E-state index < -0.39 is 6.89 Å². The highest BCUT2D eigenvalue weighted by Gasteiger charge is 2.33. The largest absolute Gasteiger partial charge is 0.463 e. The third-order valence-corrected chi connectivity index (χ3v) is 11.0. The van der Waals surface area contributed by atoms with Crippen molar-refractivity contribution in [3.8, 4) is 0 Å². The molecule has 33 heavy (non-hydrogen) atoms. The number of carbonyl (C=O) groups is 2. The minimum absolute atomic E-state index is 0.0435. The standard InChI is InChI=1S/C28H31O3PS/c1-4-31-27(29)26(20-21-33-28(30)22(2)3)32(23-14-8-5-9-15-23,24-16-10-6-11-17-24)25-18-12-7-13-19-25/h5-19,22H,4,20-21H2,1-3H3. The summed E-state index contributed by atoms with van der Waals surface area (Å²) >= 11 is 1.30. The lowest BCUT2D eigenvalue weighted by Crippen LogP contribution is -2.34. The van der Waals surface area contributed by atoms with Gasteiger partial charge in [-0.1, -0.05) is 117 Å². The number of thioether (sulfide) groups is 1. The Bertz CT molecular complexity index is 1010. The molecule has 172 valence electrons. The average Bonchev–Trinajstić information content (AvgIpc) is 2.85. The summed E-state index contributed by atoms with van der Waals surface area (Å²) in [5.74, 6) is 0.220. The lowest BCUT2D eigenvalue weighted by atomic mass is 10.3. The molecular formula is C28H31O3PS. The Morgan fingerprint density at radius 2 is 1.21 bits per heavy atom. The normalized spacial score (nSPS) is 11.3. The van der Waals surface area contributed by atoms with Crippen LogP contribution in [0.15, 0.2) is 91.0 Å². The van der Waals surface area contributed by atoms with E-state index in [1.54, 1.807) is 0 Å². The maximum atomic E-state index is 13.6. The first-order chi connectivity index (χ1) is 16.0. The number of hydrogen-bond donors (Lipinski definition) is 0. The third-order valence-electron chi connectivity index (χ3n) is 5.40. The second-order valence-corrected chi connectivity index (χ2v) is 12.4. The molecule has 0 radical (unpaired) electrons. The van der Waals surface area contributed by atoms with Crippen LogP contribution in [-0.4, -0.2) is 28.7 Å². The predicted molar refractivity (Wildman–Crippen MR) is 144 cm³/mol. The molecule has 0 fully saturated rings. The van der Waals surface area contributed by atoms with Crippen LogP contribution in [0.5, 0.6) is 0 Å². The van der Waals surface area contributed by atoms with Gasteiger partial charge < -0.3 is 4.74 Å². The molecule has 0 unspecified atom stereocenters. The van der Waals surface area contributed by atoms with Gasteiger partial charge in [0.05, 0.1) is 6.61 Å². The molecule has 0 saturated heterocycles. The highest BCUT2D eigenvalue weighted by Crippen LogP contribution is 2.47. The smallest absolute Gasteiger partial charge is 0.335 e. The lowest BCUT2D eigenvalue weighted by Gasteiger charge is -2.32. The Morgan fingerprint density at radius 3 is 1.58 bits per heavy atom. The van der Waals surface area contributed by atoms with E-state index in [9.17, 15) is 9.59 Å². The van der Waals surface area contributed by atoms with Crippen LogP contribution < -0.4 is 15.9 Å². The molecule has 0 aliphatic carbocycles. The summed E-state index contributed by atoms with van der Waals surface area (Å²) in [5, 5.41) is 4.19. The van der Waals surface area contributed by atoms with E-state index in [2.05, 4.69) is 36.4 Å². The summed E-state index contributed by atoms with van der Waals surface area (Å²) in [7, 11) is 0. The summed E-state index contributed by atoms with van der Waals surface area (Å²) in [4.78, 5) is 25.9. The molecule has 0 atom stereocenters. The zero-order chi connectivity index (χ0) is 23.7. The molecule has 0 saturated carbocycles. The van der Waals surface area contributed by atoms with E-state index >= 15 is 0 Å². The molecule has 0 amide bonds. The van der Waals surface area contributed by atoms with Gasteiger partial charge in [-0.25, -0.2) is 4.79 Å². The molecule has 0 bridgehead atoms. The fourth-order valence-electron chi connectivity index (χ4n) is 3.91. The minimum Gasteiger partial charge on any atom is -0.463 e. The van der Waals surface area contributed by atoms with Crippen molar-refractivity contribution in [2.24, 2.45) is 5.92 Å². The van der Waals surface area contributed by atoms with Gasteiger partial charge >= 0.3 is 5.97 Å². The first-order valence-corrected chi connectivity index (χ1v) is 14.0. The van der Waals surface area contributed by atoms with E-state index in [1.165, 1.54) is 11.8 Å². The van der Waals surface area contributed by atoms with Crippen LogP contribution in [0.2, 0.25) is 0 Å². The number of esters is 1. The first kappa shape index (κ1) is 25.1. The molecule has 0 aliphatic rings. The number of carbonyl (C=O) groups excluding carboxylic acids is 2. The Morgan fingerprint density at radius 1 is 0.788 bits per heavy atom. The topological polar surface area (TPSA) is 43.4 Å². The summed E-state index contributed by atoms with van der Waals surface area (Å²) < 4.78 is 5.64. The lowest BCUT2D eigenvalue weighted by molar-refractivity contribution is -0.134. The second-order valence-electron chi connectivity index (χ2n) is 7.92. The van der Waals surface area contributed by atoms with Crippen LogP contribution in [0, 0.1) is 5.92 Å². The number of benzene rings is 3. The Hall–Kier alpha value is -2.55. The molecule has 3 aromatic rings. The van der Waals surface area contributed by atoms with Crippen molar-refractivity contribution >= 4 is 50.9 Å². The summed E-state index contributed by atoms with van der Waals surface area (Å²) in [5.41, 5.74) is 0. The summed E-state index contributed by atoms with van der Waals surface area (Å²) in [6.45, 7) is 3.43. The zero-order valence-electron chi connectivity index (χ0n) is 19.4. The molecule has 0 aromatic heterocycles. The van der Waals surface area contributed by atoms with Gasteiger partial charge in [-0.15, -0.1) is 0 Å². The van der Waals surface area contributed by atoms with Crippen molar-refractivity contribution in [2.75, 3.05) is 12.4 Å². The Labute approximate surface area is 201 Å². The molecule has 3 nitrogen and oxygen atoms in total. The van der Waals surface area contributed by atoms with E-state index in [0.29, 0.717) is 18.8 Å². The third kappa shape index (κ3) is 5.69. The predicted octanol–water partition coefficient (Wildman–Crippen LogP) is 5.02. The van der Waals surface area contributed by atoms with E-state index in [-0.39, 0.29) is 17.0 Å². The monoisotopic (exact) mass is 478 g/mol. The molecule has 0 aliphatic heterocycles. The Kier molecular flexibility index (Phi) is 9.17. The first-order valence-electron chi connectivity index (χ1n) is 11.3. The molecule has 0 heterocycles. The van der Waals surface area contributed by atoms with E-state index in [1.807, 2.05) is 75.4 Å². The van der Waals surface area contributed by atoms with Gasteiger partial charge in [-0.05, 0) is 36.1 Å². The van der Waals surface area contributed by atoms with Crippen molar-refractivity contribution in [3.05, 3.63) is 91.0 Å². The summed E-state index contributed by atoms with van der Waals surface area (Å²) in [6.07, 6.45) is 0.481. The highest BCUT2D eigenvalue weighted by molar-refractivity contribution is 8.13.